The zero-order valence-electron chi connectivity index (χ0n) is 17.1. The largest absolute Gasteiger partial charge is 0.497 e. The highest BCUT2D eigenvalue weighted by Crippen LogP contribution is 2.18. The number of hydrogen-bond donors (Lipinski definition) is 2. The predicted octanol–water partition coefficient (Wildman–Crippen LogP) is 3.13. The lowest BCUT2D eigenvalue weighted by molar-refractivity contribution is -0.113. The summed E-state index contributed by atoms with van der Waals surface area (Å²) in [6.45, 7) is 4.42. The van der Waals surface area contributed by atoms with Crippen molar-refractivity contribution in [2.75, 3.05) is 18.2 Å². The van der Waals surface area contributed by atoms with E-state index in [2.05, 4.69) is 27.4 Å². The number of nitrogens with one attached hydrogen (secondary N) is 2. The van der Waals surface area contributed by atoms with Gasteiger partial charge < -0.3 is 19.9 Å². The lowest BCUT2D eigenvalue weighted by Crippen LogP contribution is -2.24. The van der Waals surface area contributed by atoms with Crippen molar-refractivity contribution in [3.05, 3.63) is 78.6 Å². The zero-order chi connectivity index (χ0) is 22.1. The molecular formula is C22H23N5O3S. The van der Waals surface area contributed by atoms with Gasteiger partial charge in [0, 0.05) is 17.8 Å². The summed E-state index contributed by atoms with van der Waals surface area (Å²) in [4.78, 5) is 24.6. The van der Waals surface area contributed by atoms with E-state index in [0.29, 0.717) is 28.8 Å². The van der Waals surface area contributed by atoms with Gasteiger partial charge >= 0.3 is 0 Å². The zero-order valence-corrected chi connectivity index (χ0v) is 17.9. The van der Waals surface area contributed by atoms with Gasteiger partial charge in [-0.05, 0) is 36.4 Å². The maximum Gasteiger partial charge on any atom is 0.251 e. The number of nitrogens with zero attached hydrogens (tertiary/aromatic N) is 3. The number of thioether (sulfide) groups is 1. The number of allylic oxidation sites excluding steroid dienone is 1. The minimum absolute atomic E-state index is 0.140. The first-order chi connectivity index (χ1) is 15.1. The van der Waals surface area contributed by atoms with Crippen LogP contribution in [0.3, 0.4) is 0 Å². The molecule has 31 heavy (non-hydrogen) atoms. The standard InChI is InChI=1S/C22H23N5O3S/c1-3-13-27-19(14-23-21(29)16-9-11-18(30-2)12-10-16)25-26-22(27)31-15-20(28)24-17-7-5-4-6-8-17/h3-12H,1,13-15H2,2H3,(H,23,29)(H,24,28). The molecule has 160 valence electrons. The number of para-hydroxylation sites is 1. The normalized spacial score (nSPS) is 10.4. The van der Waals surface area contributed by atoms with Crippen LogP contribution < -0.4 is 15.4 Å². The number of hydrogen-bond acceptors (Lipinski definition) is 6. The average Bonchev–Trinajstić information content (AvgIpc) is 3.18. The van der Waals surface area contributed by atoms with Gasteiger partial charge in [0.1, 0.15) is 5.75 Å². The highest BCUT2D eigenvalue weighted by atomic mass is 32.2. The first kappa shape index (κ1) is 22.1. The summed E-state index contributed by atoms with van der Waals surface area (Å²) >= 11 is 1.27. The highest BCUT2D eigenvalue weighted by Gasteiger charge is 2.15. The summed E-state index contributed by atoms with van der Waals surface area (Å²) in [7, 11) is 1.57. The molecule has 2 aromatic carbocycles. The van der Waals surface area contributed by atoms with Crippen LogP contribution in [0.4, 0.5) is 5.69 Å². The minimum atomic E-state index is -0.229. The van der Waals surface area contributed by atoms with Gasteiger partial charge in [0.2, 0.25) is 5.91 Å². The van der Waals surface area contributed by atoms with Crippen molar-refractivity contribution < 1.29 is 14.3 Å². The molecule has 1 aromatic heterocycles. The minimum Gasteiger partial charge on any atom is -0.497 e. The molecule has 8 nitrogen and oxygen atoms in total. The molecule has 0 saturated heterocycles. The predicted molar refractivity (Wildman–Crippen MR) is 120 cm³/mol. The summed E-state index contributed by atoms with van der Waals surface area (Å²) in [5, 5.41) is 14.6. The van der Waals surface area contributed by atoms with Crippen molar-refractivity contribution in [1.82, 2.24) is 20.1 Å². The van der Waals surface area contributed by atoms with Crippen molar-refractivity contribution in [2.24, 2.45) is 0 Å². The molecule has 0 aliphatic rings. The lowest BCUT2D eigenvalue weighted by atomic mass is 10.2. The van der Waals surface area contributed by atoms with Crippen LogP contribution in [0, 0.1) is 0 Å². The third-order valence-electron chi connectivity index (χ3n) is 4.25. The Hall–Kier alpha value is -3.59. The maximum atomic E-state index is 12.4. The molecule has 1 heterocycles. The molecular weight excluding hydrogens is 414 g/mol. The number of amides is 2. The van der Waals surface area contributed by atoms with Crippen LogP contribution in [0.15, 0.2) is 72.4 Å². The van der Waals surface area contributed by atoms with Gasteiger partial charge in [0.25, 0.3) is 5.91 Å². The lowest BCUT2D eigenvalue weighted by Gasteiger charge is -2.09. The Balaban J connectivity index is 1.59. The van der Waals surface area contributed by atoms with Gasteiger partial charge in [-0.25, -0.2) is 0 Å². The molecule has 0 aliphatic carbocycles. The third-order valence-corrected chi connectivity index (χ3v) is 5.22. The number of methoxy groups -OCH3 is 1. The number of anilines is 1. The van der Waals surface area contributed by atoms with E-state index in [1.54, 1.807) is 37.5 Å². The van der Waals surface area contributed by atoms with Crippen molar-refractivity contribution >= 4 is 29.3 Å². The Morgan fingerprint density at radius 2 is 1.87 bits per heavy atom. The second kappa shape index (κ2) is 11.0. The van der Waals surface area contributed by atoms with E-state index in [9.17, 15) is 9.59 Å². The number of carbonyl (C=O) groups excluding carboxylic acids is 2. The van der Waals surface area contributed by atoms with Gasteiger partial charge in [-0.1, -0.05) is 36.0 Å². The Labute approximate surface area is 184 Å². The SMILES string of the molecule is C=CCn1c(CNC(=O)c2ccc(OC)cc2)nnc1SCC(=O)Nc1ccccc1. The highest BCUT2D eigenvalue weighted by molar-refractivity contribution is 7.99. The summed E-state index contributed by atoms with van der Waals surface area (Å²) in [5.41, 5.74) is 1.25. The molecule has 0 atom stereocenters. The van der Waals surface area contributed by atoms with E-state index in [-0.39, 0.29) is 24.1 Å². The summed E-state index contributed by atoms with van der Waals surface area (Å²) < 4.78 is 6.92. The number of rotatable bonds is 10. The molecule has 0 spiro atoms. The third kappa shape index (κ3) is 6.19. The average molecular weight is 438 g/mol. The second-order valence-electron chi connectivity index (χ2n) is 6.41. The van der Waals surface area contributed by atoms with Crippen molar-refractivity contribution in [3.8, 4) is 5.75 Å². The van der Waals surface area contributed by atoms with Gasteiger partial charge in [-0.15, -0.1) is 16.8 Å². The van der Waals surface area contributed by atoms with Gasteiger partial charge in [0.05, 0.1) is 19.4 Å². The molecule has 0 unspecified atom stereocenters. The molecule has 0 aliphatic heterocycles. The van der Waals surface area contributed by atoms with E-state index in [4.69, 9.17) is 4.74 Å². The molecule has 9 heteroatoms. The first-order valence-electron chi connectivity index (χ1n) is 9.53. The molecule has 0 bridgehead atoms. The number of aromatic nitrogens is 3. The molecule has 3 rings (SSSR count). The van der Waals surface area contributed by atoms with Crippen LogP contribution in [-0.2, 0) is 17.9 Å². The van der Waals surface area contributed by atoms with Crippen LogP contribution in [0.25, 0.3) is 0 Å². The fourth-order valence-corrected chi connectivity index (χ4v) is 3.49. The Bertz CT molecular complexity index is 1040. The Morgan fingerprint density at radius 1 is 1.13 bits per heavy atom. The first-order valence-corrected chi connectivity index (χ1v) is 10.5. The number of benzene rings is 2. The van der Waals surface area contributed by atoms with Crippen LogP contribution in [0.5, 0.6) is 5.75 Å². The van der Waals surface area contributed by atoms with Crippen LogP contribution in [0.2, 0.25) is 0 Å². The molecule has 0 saturated carbocycles. The van der Waals surface area contributed by atoms with E-state index in [1.165, 1.54) is 11.8 Å². The van der Waals surface area contributed by atoms with E-state index >= 15 is 0 Å². The molecule has 2 amide bonds. The number of carbonyl (C=O) groups is 2. The molecule has 2 N–H and O–H groups in total. The van der Waals surface area contributed by atoms with Crippen molar-refractivity contribution in [2.45, 2.75) is 18.2 Å². The fourth-order valence-electron chi connectivity index (χ4n) is 2.72. The monoisotopic (exact) mass is 437 g/mol. The Morgan fingerprint density at radius 3 is 2.55 bits per heavy atom. The van der Waals surface area contributed by atoms with E-state index < -0.39 is 0 Å². The van der Waals surface area contributed by atoms with Crippen LogP contribution in [-0.4, -0.2) is 39.4 Å². The van der Waals surface area contributed by atoms with Crippen LogP contribution in [0.1, 0.15) is 16.2 Å². The van der Waals surface area contributed by atoms with Crippen molar-refractivity contribution in [3.63, 3.8) is 0 Å². The van der Waals surface area contributed by atoms with Crippen LogP contribution >= 0.6 is 11.8 Å². The fraction of sp³-hybridized carbons (Fsp3) is 0.182. The molecule has 0 fully saturated rings. The number of ether oxygens (including phenoxy) is 1. The summed E-state index contributed by atoms with van der Waals surface area (Å²) in [6.07, 6.45) is 1.71. The van der Waals surface area contributed by atoms with Crippen molar-refractivity contribution in [1.29, 1.82) is 0 Å². The van der Waals surface area contributed by atoms with E-state index in [0.717, 1.165) is 5.69 Å². The second-order valence-corrected chi connectivity index (χ2v) is 7.35. The Kier molecular flexibility index (Phi) is 7.83. The molecule has 0 radical (unpaired) electrons. The summed E-state index contributed by atoms with van der Waals surface area (Å²) in [5.74, 6) is 1.07. The quantitative estimate of drug-likeness (QED) is 0.374. The van der Waals surface area contributed by atoms with Gasteiger partial charge in [-0.3, -0.25) is 9.59 Å². The summed E-state index contributed by atoms with van der Waals surface area (Å²) in [6, 6.07) is 16.1. The smallest absolute Gasteiger partial charge is 0.251 e. The topological polar surface area (TPSA) is 98.1 Å². The van der Waals surface area contributed by atoms with Gasteiger partial charge in [0.15, 0.2) is 11.0 Å². The molecule has 3 aromatic rings. The van der Waals surface area contributed by atoms with Gasteiger partial charge in [-0.2, -0.15) is 0 Å². The van der Waals surface area contributed by atoms with E-state index in [1.807, 2.05) is 34.9 Å². The maximum absolute atomic E-state index is 12.4.